The molecule has 3 aromatic rings. The Morgan fingerprint density at radius 3 is 3.09 bits per heavy atom. The molecule has 1 saturated heterocycles. The second kappa shape index (κ2) is 5.25. The summed E-state index contributed by atoms with van der Waals surface area (Å²) in [6.07, 6.45) is 8.01. The van der Waals surface area contributed by atoms with E-state index in [4.69, 9.17) is 0 Å². The van der Waals surface area contributed by atoms with Gasteiger partial charge in [0.1, 0.15) is 23.5 Å². The number of nitrogens with zero attached hydrogens (tertiary/aromatic N) is 5. The first-order valence-electron chi connectivity index (χ1n) is 7.43. The second-order valence-electron chi connectivity index (χ2n) is 5.45. The molecule has 0 bridgehead atoms. The molecule has 0 unspecified atom stereocenters. The summed E-state index contributed by atoms with van der Waals surface area (Å²) >= 11 is 0. The fraction of sp³-hybridized carbons (Fsp3) is 0.333. The van der Waals surface area contributed by atoms with Gasteiger partial charge in [0, 0.05) is 18.9 Å². The Hall–Kier alpha value is -2.70. The van der Waals surface area contributed by atoms with Crippen LogP contribution in [0.2, 0.25) is 0 Å². The van der Waals surface area contributed by atoms with Gasteiger partial charge in [0.05, 0.1) is 6.04 Å². The molecule has 7 nitrogen and oxygen atoms in total. The molecule has 112 valence electrons. The molecular formula is C15H16N6O. The number of piperidine rings is 1. The predicted octanol–water partition coefficient (Wildman–Crippen LogP) is 1.82. The van der Waals surface area contributed by atoms with E-state index in [1.165, 1.54) is 6.33 Å². The van der Waals surface area contributed by atoms with Gasteiger partial charge in [-0.25, -0.2) is 9.97 Å². The van der Waals surface area contributed by atoms with Crippen LogP contribution >= 0.6 is 0 Å². The standard InChI is InChI=1S/C15H16N6O/c22-15(12-5-3-6-13-16-7-9-20(12)13)21-8-2-1-4-11(21)14-17-10-18-19-14/h3,5-7,9-11H,1-2,4,8H2,(H,17,18,19)/t11-/m1/s1. The van der Waals surface area contributed by atoms with Crippen LogP contribution in [-0.4, -0.2) is 41.9 Å². The summed E-state index contributed by atoms with van der Waals surface area (Å²) in [7, 11) is 0. The fourth-order valence-corrected chi connectivity index (χ4v) is 3.10. The molecule has 4 heterocycles. The topological polar surface area (TPSA) is 79.2 Å². The maximum atomic E-state index is 13.0. The molecule has 22 heavy (non-hydrogen) atoms. The van der Waals surface area contributed by atoms with Crippen molar-refractivity contribution in [2.45, 2.75) is 25.3 Å². The van der Waals surface area contributed by atoms with E-state index in [0.29, 0.717) is 5.69 Å². The third kappa shape index (κ3) is 2.05. The van der Waals surface area contributed by atoms with Crippen molar-refractivity contribution in [2.75, 3.05) is 6.54 Å². The first kappa shape index (κ1) is 13.0. The molecule has 0 aromatic carbocycles. The second-order valence-corrected chi connectivity index (χ2v) is 5.45. The average molecular weight is 296 g/mol. The Kier molecular flexibility index (Phi) is 3.10. The number of fused-ring (bicyclic) bond motifs is 1. The van der Waals surface area contributed by atoms with E-state index in [2.05, 4.69) is 20.2 Å². The van der Waals surface area contributed by atoms with Crippen LogP contribution < -0.4 is 0 Å². The zero-order valence-electron chi connectivity index (χ0n) is 12.0. The smallest absolute Gasteiger partial charge is 0.271 e. The van der Waals surface area contributed by atoms with Gasteiger partial charge in [0.25, 0.3) is 5.91 Å². The van der Waals surface area contributed by atoms with Crippen LogP contribution in [0.5, 0.6) is 0 Å². The highest BCUT2D eigenvalue weighted by atomic mass is 16.2. The molecule has 1 fully saturated rings. The maximum Gasteiger partial charge on any atom is 0.271 e. The van der Waals surface area contributed by atoms with E-state index in [0.717, 1.165) is 37.3 Å². The molecule has 1 aliphatic rings. The molecule has 1 N–H and O–H groups in total. The molecule has 1 aliphatic heterocycles. The molecule has 4 rings (SSSR count). The van der Waals surface area contributed by atoms with Gasteiger partial charge in [-0.2, -0.15) is 5.10 Å². The van der Waals surface area contributed by atoms with Crippen LogP contribution in [0.25, 0.3) is 5.65 Å². The van der Waals surface area contributed by atoms with E-state index in [9.17, 15) is 4.79 Å². The van der Waals surface area contributed by atoms with Gasteiger partial charge in [-0.05, 0) is 31.4 Å². The zero-order valence-corrected chi connectivity index (χ0v) is 12.0. The van der Waals surface area contributed by atoms with Crippen LogP contribution in [0.15, 0.2) is 36.9 Å². The number of carbonyl (C=O) groups excluding carboxylic acids is 1. The SMILES string of the molecule is O=C(c1cccc2nccn12)N1CCCC[C@@H]1c1ncn[nH]1. The number of hydrogen-bond acceptors (Lipinski definition) is 4. The number of amides is 1. The minimum atomic E-state index is -0.0393. The number of H-pyrrole nitrogens is 1. The van der Waals surface area contributed by atoms with Crippen LogP contribution in [0.1, 0.15) is 41.6 Å². The normalized spacial score (nSPS) is 18.7. The van der Waals surface area contributed by atoms with Crippen LogP contribution in [-0.2, 0) is 0 Å². The number of aromatic nitrogens is 5. The molecule has 0 aliphatic carbocycles. The molecule has 0 radical (unpaired) electrons. The van der Waals surface area contributed by atoms with E-state index in [1.807, 2.05) is 33.7 Å². The van der Waals surface area contributed by atoms with Crippen molar-refractivity contribution in [3.63, 3.8) is 0 Å². The predicted molar refractivity (Wildman–Crippen MR) is 79.2 cm³/mol. The van der Waals surface area contributed by atoms with Gasteiger partial charge in [0.2, 0.25) is 0 Å². The summed E-state index contributed by atoms with van der Waals surface area (Å²) in [6.45, 7) is 0.731. The van der Waals surface area contributed by atoms with Crippen molar-refractivity contribution in [1.29, 1.82) is 0 Å². The lowest BCUT2D eigenvalue weighted by Gasteiger charge is -2.34. The highest BCUT2D eigenvalue weighted by Crippen LogP contribution is 2.29. The van der Waals surface area contributed by atoms with E-state index in [-0.39, 0.29) is 11.9 Å². The van der Waals surface area contributed by atoms with Crippen LogP contribution in [0.4, 0.5) is 0 Å². The molecule has 1 amide bonds. The molecule has 0 saturated carbocycles. The maximum absolute atomic E-state index is 13.0. The first-order chi connectivity index (χ1) is 10.8. The number of likely N-dealkylation sites (tertiary alicyclic amines) is 1. The lowest BCUT2D eigenvalue weighted by molar-refractivity contribution is 0.0592. The summed E-state index contributed by atoms with van der Waals surface area (Å²) in [4.78, 5) is 23.4. The van der Waals surface area contributed by atoms with Crippen LogP contribution in [0.3, 0.4) is 0 Å². The minimum absolute atomic E-state index is 0.00435. The third-order valence-corrected chi connectivity index (χ3v) is 4.16. The third-order valence-electron chi connectivity index (χ3n) is 4.16. The number of carbonyl (C=O) groups is 1. The summed E-state index contributed by atoms with van der Waals surface area (Å²) in [5, 5.41) is 6.82. The summed E-state index contributed by atoms with van der Waals surface area (Å²) in [6, 6.07) is 5.55. The Balaban J connectivity index is 1.72. The quantitative estimate of drug-likeness (QED) is 0.782. The van der Waals surface area contributed by atoms with Gasteiger partial charge < -0.3 is 4.90 Å². The highest BCUT2D eigenvalue weighted by Gasteiger charge is 2.31. The van der Waals surface area contributed by atoms with Crippen LogP contribution in [0, 0.1) is 0 Å². The number of imidazole rings is 1. The largest absolute Gasteiger partial charge is 0.327 e. The van der Waals surface area contributed by atoms with Gasteiger partial charge in [-0.15, -0.1) is 0 Å². The summed E-state index contributed by atoms with van der Waals surface area (Å²) in [5.41, 5.74) is 1.40. The van der Waals surface area contributed by atoms with Crippen molar-refractivity contribution in [3.8, 4) is 0 Å². The Morgan fingerprint density at radius 2 is 2.23 bits per heavy atom. The van der Waals surface area contributed by atoms with E-state index >= 15 is 0 Å². The highest BCUT2D eigenvalue weighted by molar-refractivity contribution is 5.93. The molecule has 3 aromatic heterocycles. The molecular weight excluding hydrogens is 280 g/mol. The Labute approximate surface area is 127 Å². The monoisotopic (exact) mass is 296 g/mol. The van der Waals surface area contributed by atoms with Crippen molar-refractivity contribution in [3.05, 3.63) is 48.4 Å². The number of pyridine rings is 1. The van der Waals surface area contributed by atoms with Gasteiger partial charge >= 0.3 is 0 Å². The Morgan fingerprint density at radius 1 is 1.27 bits per heavy atom. The lowest BCUT2D eigenvalue weighted by Crippen LogP contribution is -2.39. The lowest BCUT2D eigenvalue weighted by atomic mass is 10.0. The minimum Gasteiger partial charge on any atom is -0.327 e. The summed E-state index contributed by atoms with van der Waals surface area (Å²) < 4.78 is 1.83. The first-order valence-corrected chi connectivity index (χ1v) is 7.43. The number of nitrogens with one attached hydrogen (secondary N) is 1. The number of aromatic amines is 1. The molecule has 0 spiro atoms. The molecule has 7 heteroatoms. The van der Waals surface area contributed by atoms with Gasteiger partial charge in [-0.1, -0.05) is 6.07 Å². The Bertz CT molecular complexity index is 793. The molecule has 1 atom stereocenters. The van der Waals surface area contributed by atoms with Crippen molar-refractivity contribution in [2.24, 2.45) is 0 Å². The van der Waals surface area contributed by atoms with Crippen molar-refractivity contribution < 1.29 is 4.79 Å². The fourth-order valence-electron chi connectivity index (χ4n) is 3.10. The number of hydrogen-bond donors (Lipinski definition) is 1. The average Bonchev–Trinajstić information content (AvgIpc) is 3.25. The zero-order chi connectivity index (χ0) is 14.9. The van der Waals surface area contributed by atoms with Gasteiger partial charge in [0.15, 0.2) is 0 Å². The van der Waals surface area contributed by atoms with Crippen molar-refractivity contribution >= 4 is 11.6 Å². The van der Waals surface area contributed by atoms with E-state index in [1.54, 1.807) is 6.20 Å². The van der Waals surface area contributed by atoms with Crippen molar-refractivity contribution in [1.82, 2.24) is 29.5 Å². The number of rotatable bonds is 2. The van der Waals surface area contributed by atoms with E-state index < -0.39 is 0 Å². The summed E-state index contributed by atoms with van der Waals surface area (Å²) in [5.74, 6) is 0.760. The van der Waals surface area contributed by atoms with Gasteiger partial charge in [-0.3, -0.25) is 14.3 Å².